The van der Waals surface area contributed by atoms with Crippen LogP contribution in [0.3, 0.4) is 0 Å². The van der Waals surface area contributed by atoms with Crippen LogP contribution in [0.2, 0.25) is 0 Å². The van der Waals surface area contributed by atoms with E-state index in [1.807, 2.05) is 41.0 Å². The molecule has 0 spiro atoms. The molecule has 0 aliphatic heterocycles. The third kappa shape index (κ3) is 4.90. The van der Waals surface area contributed by atoms with Crippen molar-refractivity contribution in [3.05, 3.63) is 70.3 Å². The molecule has 24 heavy (non-hydrogen) atoms. The second-order valence-electron chi connectivity index (χ2n) is 5.87. The molecule has 0 N–H and O–H groups in total. The number of hydrogen-bond acceptors (Lipinski definition) is 2. The summed E-state index contributed by atoms with van der Waals surface area (Å²) in [6.07, 6.45) is 0. The zero-order valence-electron chi connectivity index (χ0n) is 14.3. The molecule has 6 heteroatoms. The Morgan fingerprint density at radius 1 is 0.875 bits per heavy atom. The van der Waals surface area contributed by atoms with Gasteiger partial charge in [-0.05, 0) is 39.8 Å². The summed E-state index contributed by atoms with van der Waals surface area (Å²) < 4.78 is 4.04. The first-order chi connectivity index (χ1) is 11.5. The van der Waals surface area contributed by atoms with E-state index in [-0.39, 0.29) is 0 Å². The SMILES string of the molecule is Cc1cc(C)n(Cc2[c-]c(Cn3nc(C)cc3C)ccc2)n1.[Br][Pt+]. The molecule has 0 unspecified atom stereocenters. The topological polar surface area (TPSA) is 35.6 Å². The van der Waals surface area contributed by atoms with Crippen LogP contribution in [-0.2, 0) is 30.8 Å². The number of nitrogens with zero attached hydrogens (tertiary/aromatic N) is 4. The molecule has 1 aromatic carbocycles. The summed E-state index contributed by atoms with van der Waals surface area (Å²) in [5, 5.41) is 9.03. The molecule has 3 rings (SSSR count). The Kier molecular flexibility index (Phi) is 7.00. The van der Waals surface area contributed by atoms with Crippen LogP contribution in [0.5, 0.6) is 0 Å². The van der Waals surface area contributed by atoms with Crippen LogP contribution in [0.1, 0.15) is 33.9 Å². The van der Waals surface area contributed by atoms with Crippen LogP contribution in [0.4, 0.5) is 0 Å². The molecule has 4 nitrogen and oxygen atoms in total. The summed E-state index contributed by atoms with van der Waals surface area (Å²) >= 11 is 4.86. The molecule has 130 valence electrons. The minimum absolute atomic E-state index is 0.755. The molecule has 2 aromatic heterocycles. The van der Waals surface area contributed by atoms with Crippen molar-refractivity contribution >= 4 is 13.3 Å². The van der Waals surface area contributed by atoms with Crippen molar-refractivity contribution in [1.82, 2.24) is 19.6 Å². The summed E-state index contributed by atoms with van der Waals surface area (Å²) in [6, 6.07) is 14.0. The molecule has 0 saturated heterocycles. The second kappa shape index (κ2) is 8.77. The zero-order valence-corrected chi connectivity index (χ0v) is 18.1. The van der Waals surface area contributed by atoms with E-state index >= 15 is 0 Å². The molecule has 0 fully saturated rings. The molecule has 0 aliphatic rings. The van der Waals surface area contributed by atoms with Crippen molar-refractivity contribution < 1.29 is 17.8 Å². The fourth-order valence-corrected chi connectivity index (χ4v) is 2.75. The number of aromatic nitrogens is 4. The number of benzene rings is 1. The van der Waals surface area contributed by atoms with E-state index in [4.69, 9.17) is 0 Å². The predicted molar refractivity (Wildman–Crippen MR) is 95.8 cm³/mol. The van der Waals surface area contributed by atoms with Gasteiger partial charge in [0.2, 0.25) is 0 Å². The maximum atomic E-state index is 4.52. The fourth-order valence-electron chi connectivity index (χ4n) is 2.75. The van der Waals surface area contributed by atoms with E-state index in [1.165, 1.54) is 11.4 Å². The Hall–Kier alpha value is -1.19. The van der Waals surface area contributed by atoms with Crippen LogP contribution >= 0.6 is 13.3 Å². The van der Waals surface area contributed by atoms with Gasteiger partial charge in [0, 0.05) is 24.5 Å². The van der Waals surface area contributed by atoms with Gasteiger partial charge in [-0.3, -0.25) is 9.36 Å². The van der Waals surface area contributed by atoms with Crippen molar-refractivity contribution in [2.45, 2.75) is 40.8 Å². The molecule has 0 amide bonds. The number of hydrogen-bond donors (Lipinski definition) is 0. The summed E-state index contributed by atoms with van der Waals surface area (Å²) in [5.41, 5.74) is 6.74. The van der Waals surface area contributed by atoms with Crippen LogP contribution < -0.4 is 0 Å². The van der Waals surface area contributed by atoms with E-state index in [0.29, 0.717) is 0 Å². The van der Waals surface area contributed by atoms with Gasteiger partial charge < -0.3 is 0 Å². The van der Waals surface area contributed by atoms with Gasteiger partial charge in [0.1, 0.15) is 0 Å². The third-order valence-corrected chi connectivity index (χ3v) is 3.76. The van der Waals surface area contributed by atoms with Crippen molar-refractivity contribution in [2.75, 3.05) is 0 Å². The second-order valence-corrected chi connectivity index (χ2v) is 5.87. The molecule has 3 aromatic rings. The minimum atomic E-state index is 0.755. The van der Waals surface area contributed by atoms with E-state index in [1.54, 1.807) is 0 Å². The first-order valence-electron chi connectivity index (χ1n) is 7.65. The van der Waals surface area contributed by atoms with Gasteiger partial charge in [-0.15, -0.1) is 11.1 Å². The summed E-state index contributed by atoms with van der Waals surface area (Å²) in [7, 11) is 0. The Morgan fingerprint density at radius 2 is 1.29 bits per heavy atom. The van der Waals surface area contributed by atoms with Crippen LogP contribution in [0.15, 0.2) is 30.3 Å². The third-order valence-electron chi connectivity index (χ3n) is 3.76. The van der Waals surface area contributed by atoms with Crippen LogP contribution in [0, 0.1) is 33.8 Å². The van der Waals surface area contributed by atoms with E-state index in [2.05, 4.69) is 73.7 Å². The molecule has 0 aliphatic carbocycles. The standard InChI is InChI=1S/C18H21N4.BrH.Pt/c1-13-8-15(3)21(19-13)11-17-6-5-7-18(10-17)12-22-16(4)9-14(2)20-22;;/h5-9H,11-12H2,1-4H3;1H;/q-1;;+2/p-1. The average molecular weight is 568 g/mol. The van der Waals surface area contributed by atoms with Gasteiger partial charge in [0.05, 0.1) is 11.4 Å². The fraction of sp³-hybridized carbons (Fsp3) is 0.333. The predicted octanol–water partition coefficient (Wildman–Crippen LogP) is 4.05. The van der Waals surface area contributed by atoms with Gasteiger partial charge in [-0.1, -0.05) is 0 Å². The Morgan fingerprint density at radius 3 is 1.62 bits per heavy atom. The number of rotatable bonds is 4. The van der Waals surface area contributed by atoms with E-state index in [0.717, 1.165) is 35.6 Å². The quantitative estimate of drug-likeness (QED) is 0.446. The van der Waals surface area contributed by atoms with E-state index in [9.17, 15) is 0 Å². The van der Waals surface area contributed by atoms with Gasteiger partial charge in [-0.25, -0.2) is 0 Å². The van der Waals surface area contributed by atoms with Crippen LogP contribution in [0.25, 0.3) is 0 Å². The van der Waals surface area contributed by atoms with Crippen molar-refractivity contribution in [2.24, 2.45) is 0 Å². The first-order valence-corrected chi connectivity index (χ1v) is 12.6. The van der Waals surface area contributed by atoms with Gasteiger partial charge in [-0.2, -0.15) is 34.5 Å². The molecular weight excluding hydrogens is 547 g/mol. The number of aryl methyl sites for hydroxylation is 4. The van der Waals surface area contributed by atoms with E-state index < -0.39 is 0 Å². The van der Waals surface area contributed by atoms with Gasteiger partial charge in [0.25, 0.3) is 0 Å². The first kappa shape index (κ1) is 19.1. The van der Waals surface area contributed by atoms with Gasteiger partial charge >= 0.3 is 31.1 Å². The molecule has 0 atom stereocenters. The molecular formula is C18H21BrN4Pt. The number of halogens is 1. The summed E-state index contributed by atoms with van der Waals surface area (Å²) in [4.78, 5) is 0. The van der Waals surface area contributed by atoms with Crippen molar-refractivity contribution in [3.63, 3.8) is 0 Å². The van der Waals surface area contributed by atoms with Crippen LogP contribution in [-0.4, -0.2) is 19.6 Å². The Balaban J connectivity index is 0.00000100. The molecule has 0 bridgehead atoms. The summed E-state index contributed by atoms with van der Waals surface area (Å²) in [6.45, 7) is 9.72. The Labute approximate surface area is 161 Å². The molecule has 0 radical (unpaired) electrons. The molecule has 2 heterocycles. The Bertz CT molecular complexity index is 744. The molecule has 0 saturated carbocycles. The summed E-state index contributed by atoms with van der Waals surface area (Å²) in [5.74, 6) is 0. The van der Waals surface area contributed by atoms with Crippen molar-refractivity contribution in [3.8, 4) is 0 Å². The monoisotopic (exact) mass is 567 g/mol. The normalized spacial score (nSPS) is 10.5. The van der Waals surface area contributed by atoms with Gasteiger partial charge in [0.15, 0.2) is 0 Å². The zero-order chi connectivity index (χ0) is 17.7. The average Bonchev–Trinajstić information content (AvgIpc) is 3.02. The van der Waals surface area contributed by atoms with Crippen molar-refractivity contribution in [1.29, 1.82) is 0 Å². The maximum absolute atomic E-state index is 4.52.